The molecule has 0 atom stereocenters. The highest BCUT2D eigenvalue weighted by molar-refractivity contribution is 6.00. The zero-order valence-corrected chi connectivity index (χ0v) is 17.7. The normalized spacial score (nSPS) is 15.1. The minimum absolute atomic E-state index is 0.199. The lowest BCUT2D eigenvalue weighted by atomic mass is 10.0. The van der Waals surface area contributed by atoms with Gasteiger partial charge in [-0.05, 0) is 38.1 Å². The van der Waals surface area contributed by atoms with Crippen molar-refractivity contribution in [3.05, 3.63) is 66.1 Å². The van der Waals surface area contributed by atoms with Crippen molar-refractivity contribution in [2.45, 2.75) is 19.4 Å². The van der Waals surface area contributed by atoms with E-state index < -0.39 is 0 Å². The molecule has 1 N–H and O–H groups in total. The lowest BCUT2D eigenvalue weighted by molar-refractivity contribution is -0.00923. The molecule has 2 aromatic carbocycles. The first-order valence-electron chi connectivity index (χ1n) is 10.4. The number of carbonyl (C=O) groups is 1. The van der Waals surface area contributed by atoms with Crippen molar-refractivity contribution in [3.8, 4) is 22.8 Å². The van der Waals surface area contributed by atoms with E-state index in [-0.39, 0.29) is 23.2 Å². The van der Waals surface area contributed by atoms with Crippen molar-refractivity contribution in [3.63, 3.8) is 0 Å². The summed E-state index contributed by atoms with van der Waals surface area (Å²) in [5.74, 6) is -0.00245. The third-order valence-corrected chi connectivity index (χ3v) is 5.60. The van der Waals surface area contributed by atoms with E-state index in [4.69, 9.17) is 9.15 Å². The number of nitrogens with zero attached hydrogens (tertiary/aromatic N) is 2. The molecule has 7 heteroatoms. The van der Waals surface area contributed by atoms with Crippen LogP contribution in [0, 0.1) is 5.82 Å². The maximum atomic E-state index is 14.1. The standard InChI is InChI=1S/C24H26FN3O3/c1-24(2,28-11-13-30-14-12-28)16-27-22(29)17-7-3-4-8-18(17)23-26-15-21(31-23)19-9-5-6-10-20(19)25/h3-10,15H,11-14,16H2,1-2H3,(H,27,29). The molecule has 0 spiro atoms. The van der Waals surface area contributed by atoms with Gasteiger partial charge in [-0.25, -0.2) is 9.37 Å². The van der Waals surface area contributed by atoms with E-state index in [0.717, 1.165) is 13.1 Å². The molecule has 1 aliphatic rings. The van der Waals surface area contributed by atoms with Gasteiger partial charge in [-0.2, -0.15) is 0 Å². The van der Waals surface area contributed by atoms with Crippen LogP contribution in [0.25, 0.3) is 22.8 Å². The van der Waals surface area contributed by atoms with E-state index in [1.165, 1.54) is 12.3 Å². The molecule has 0 radical (unpaired) electrons. The average molecular weight is 423 g/mol. The first kappa shape index (κ1) is 21.2. The number of morpholine rings is 1. The van der Waals surface area contributed by atoms with Gasteiger partial charge in [0.15, 0.2) is 5.76 Å². The second kappa shape index (κ2) is 8.99. The van der Waals surface area contributed by atoms with Crippen LogP contribution in [0.2, 0.25) is 0 Å². The molecule has 0 bridgehead atoms. The summed E-state index contributed by atoms with van der Waals surface area (Å²) in [6.45, 7) is 7.80. The topological polar surface area (TPSA) is 67.6 Å². The number of rotatable bonds is 6. The average Bonchev–Trinajstić information content (AvgIpc) is 3.28. The summed E-state index contributed by atoms with van der Waals surface area (Å²) >= 11 is 0. The number of halogens is 1. The van der Waals surface area contributed by atoms with E-state index in [2.05, 4.69) is 29.0 Å². The minimum atomic E-state index is -0.387. The Morgan fingerprint density at radius 1 is 1.10 bits per heavy atom. The minimum Gasteiger partial charge on any atom is -0.436 e. The second-order valence-electron chi connectivity index (χ2n) is 8.15. The van der Waals surface area contributed by atoms with Gasteiger partial charge >= 0.3 is 0 Å². The Morgan fingerprint density at radius 3 is 2.52 bits per heavy atom. The lowest BCUT2D eigenvalue weighted by Gasteiger charge is -2.40. The Labute approximate surface area is 181 Å². The summed E-state index contributed by atoms with van der Waals surface area (Å²) in [7, 11) is 0. The van der Waals surface area contributed by atoms with Gasteiger partial charge in [0.2, 0.25) is 5.89 Å². The largest absolute Gasteiger partial charge is 0.436 e. The van der Waals surface area contributed by atoms with Crippen LogP contribution in [-0.4, -0.2) is 54.2 Å². The number of aromatic nitrogens is 1. The Morgan fingerprint density at radius 2 is 1.77 bits per heavy atom. The third-order valence-electron chi connectivity index (χ3n) is 5.60. The smallest absolute Gasteiger partial charge is 0.252 e. The van der Waals surface area contributed by atoms with E-state index in [1.807, 2.05) is 6.07 Å². The maximum Gasteiger partial charge on any atom is 0.252 e. The summed E-state index contributed by atoms with van der Waals surface area (Å²) in [5, 5.41) is 3.04. The molecule has 1 aromatic heterocycles. The van der Waals surface area contributed by atoms with E-state index >= 15 is 0 Å². The number of hydrogen-bond donors (Lipinski definition) is 1. The van der Waals surface area contributed by atoms with Gasteiger partial charge < -0.3 is 14.5 Å². The second-order valence-corrected chi connectivity index (χ2v) is 8.15. The number of carbonyl (C=O) groups excluding carboxylic acids is 1. The van der Waals surface area contributed by atoms with E-state index in [9.17, 15) is 9.18 Å². The van der Waals surface area contributed by atoms with Crippen LogP contribution in [0.4, 0.5) is 4.39 Å². The van der Waals surface area contributed by atoms with Crippen molar-refractivity contribution >= 4 is 5.91 Å². The highest BCUT2D eigenvalue weighted by atomic mass is 19.1. The van der Waals surface area contributed by atoms with Crippen molar-refractivity contribution in [1.29, 1.82) is 0 Å². The molecule has 1 fully saturated rings. The SMILES string of the molecule is CC(C)(CNC(=O)c1ccccc1-c1ncc(-c2ccccc2F)o1)N1CCOCC1. The molecule has 162 valence electrons. The van der Waals surface area contributed by atoms with Gasteiger partial charge in [0, 0.05) is 30.7 Å². The van der Waals surface area contributed by atoms with Crippen LogP contribution in [0.15, 0.2) is 59.1 Å². The van der Waals surface area contributed by atoms with Crippen LogP contribution in [0.1, 0.15) is 24.2 Å². The molecular weight excluding hydrogens is 397 g/mol. The summed E-state index contributed by atoms with van der Waals surface area (Å²) < 4.78 is 25.3. The van der Waals surface area contributed by atoms with Crippen molar-refractivity contribution in [1.82, 2.24) is 15.2 Å². The van der Waals surface area contributed by atoms with Gasteiger partial charge in [-0.15, -0.1) is 0 Å². The maximum absolute atomic E-state index is 14.1. The zero-order valence-electron chi connectivity index (χ0n) is 17.7. The fraction of sp³-hybridized carbons (Fsp3) is 0.333. The van der Waals surface area contributed by atoms with Crippen molar-refractivity contribution < 1.29 is 18.3 Å². The number of hydrogen-bond acceptors (Lipinski definition) is 5. The fourth-order valence-corrected chi connectivity index (χ4v) is 3.72. The molecule has 1 saturated heterocycles. The van der Waals surface area contributed by atoms with Crippen molar-refractivity contribution in [2.24, 2.45) is 0 Å². The highest BCUT2D eigenvalue weighted by Gasteiger charge is 2.29. The zero-order chi connectivity index (χ0) is 21.8. The number of benzene rings is 2. The highest BCUT2D eigenvalue weighted by Crippen LogP contribution is 2.29. The molecule has 1 aliphatic heterocycles. The number of oxazole rings is 1. The summed E-state index contributed by atoms with van der Waals surface area (Å²) in [6.07, 6.45) is 1.48. The summed E-state index contributed by atoms with van der Waals surface area (Å²) in [6, 6.07) is 13.5. The molecule has 4 rings (SSSR count). The summed E-state index contributed by atoms with van der Waals surface area (Å²) in [4.78, 5) is 19.6. The first-order valence-corrected chi connectivity index (χ1v) is 10.4. The van der Waals surface area contributed by atoms with Crippen molar-refractivity contribution in [2.75, 3.05) is 32.8 Å². The van der Waals surface area contributed by atoms with Crippen LogP contribution < -0.4 is 5.32 Å². The molecule has 6 nitrogen and oxygen atoms in total. The van der Waals surface area contributed by atoms with E-state index in [0.29, 0.717) is 42.2 Å². The van der Waals surface area contributed by atoms with Gasteiger partial charge in [-0.3, -0.25) is 9.69 Å². The number of ether oxygens (including phenoxy) is 1. The predicted molar refractivity (Wildman–Crippen MR) is 116 cm³/mol. The number of nitrogens with one attached hydrogen (secondary N) is 1. The Kier molecular flexibility index (Phi) is 6.15. The molecule has 2 heterocycles. The van der Waals surface area contributed by atoms with E-state index in [1.54, 1.807) is 36.4 Å². The van der Waals surface area contributed by atoms with Crippen LogP contribution >= 0.6 is 0 Å². The number of amides is 1. The third kappa shape index (κ3) is 4.68. The van der Waals surface area contributed by atoms with Gasteiger partial charge in [0.25, 0.3) is 5.91 Å². The molecule has 1 amide bonds. The summed E-state index contributed by atoms with van der Waals surface area (Å²) in [5.41, 5.74) is 1.15. The lowest BCUT2D eigenvalue weighted by Crippen LogP contribution is -2.55. The van der Waals surface area contributed by atoms with Crippen LogP contribution in [0.3, 0.4) is 0 Å². The first-order chi connectivity index (χ1) is 15.0. The van der Waals surface area contributed by atoms with Gasteiger partial charge in [0.1, 0.15) is 5.82 Å². The molecule has 0 aliphatic carbocycles. The molecule has 0 saturated carbocycles. The Balaban J connectivity index is 1.52. The Bertz CT molecular complexity index is 1060. The predicted octanol–water partition coefficient (Wildman–Crippen LogP) is 3.99. The Hall–Kier alpha value is -3.03. The molecule has 31 heavy (non-hydrogen) atoms. The van der Waals surface area contributed by atoms with Crippen LogP contribution in [-0.2, 0) is 4.74 Å². The monoisotopic (exact) mass is 423 g/mol. The van der Waals surface area contributed by atoms with Gasteiger partial charge in [-0.1, -0.05) is 24.3 Å². The fourth-order valence-electron chi connectivity index (χ4n) is 3.72. The van der Waals surface area contributed by atoms with Gasteiger partial charge in [0.05, 0.1) is 30.5 Å². The molecule has 0 unspecified atom stereocenters. The molecular formula is C24H26FN3O3. The van der Waals surface area contributed by atoms with Crippen LogP contribution in [0.5, 0.6) is 0 Å². The molecule has 3 aromatic rings. The quantitative estimate of drug-likeness (QED) is 0.649.